The van der Waals surface area contributed by atoms with Crippen LogP contribution in [-0.2, 0) is 22.6 Å². The molecule has 1 aliphatic rings. The number of hydrogen-bond donors (Lipinski definition) is 2. The smallest absolute Gasteiger partial charge is 0.235 e. The van der Waals surface area contributed by atoms with Gasteiger partial charge in [-0.25, -0.2) is 4.68 Å². The second-order valence-corrected chi connectivity index (χ2v) is 7.72. The number of tetrazole rings is 1. The van der Waals surface area contributed by atoms with Crippen molar-refractivity contribution in [2.24, 2.45) is 5.92 Å². The van der Waals surface area contributed by atoms with E-state index in [-0.39, 0.29) is 36.2 Å². The number of halogens is 1. The molecule has 0 aliphatic carbocycles. The van der Waals surface area contributed by atoms with Crippen LogP contribution in [0.3, 0.4) is 0 Å². The maximum atomic E-state index is 13.1. The normalized spacial score (nSPS) is 17.0. The number of amides is 2. The summed E-state index contributed by atoms with van der Waals surface area (Å²) in [6, 6.07) is 13.7. The van der Waals surface area contributed by atoms with Crippen LogP contribution in [0, 0.1) is 5.92 Å². The molecule has 2 amide bonds. The molecule has 3 aromatic rings. The van der Waals surface area contributed by atoms with E-state index >= 15 is 0 Å². The van der Waals surface area contributed by atoms with Gasteiger partial charge in [0.15, 0.2) is 5.82 Å². The summed E-state index contributed by atoms with van der Waals surface area (Å²) in [4.78, 5) is 24.8. The fourth-order valence-corrected chi connectivity index (χ4v) is 3.89. The highest BCUT2D eigenvalue weighted by Crippen LogP contribution is 2.23. The van der Waals surface area contributed by atoms with Crippen LogP contribution in [0.2, 0.25) is 0 Å². The molecule has 8 nitrogen and oxygen atoms in total. The summed E-state index contributed by atoms with van der Waals surface area (Å²) in [5.41, 5.74) is 0.935. The zero-order valence-corrected chi connectivity index (χ0v) is 17.2. The average molecular weight is 427 g/mol. The predicted octanol–water partition coefficient (Wildman–Crippen LogP) is 1.99. The molecule has 1 aromatic heterocycles. The number of aryl methyl sites for hydroxylation is 2. The predicted molar refractivity (Wildman–Crippen MR) is 113 cm³/mol. The summed E-state index contributed by atoms with van der Waals surface area (Å²) in [7, 11) is 0. The molecule has 1 aliphatic heterocycles. The highest BCUT2D eigenvalue weighted by molar-refractivity contribution is 6.27. The molecule has 0 saturated carbocycles. The van der Waals surface area contributed by atoms with Gasteiger partial charge in [-0.1, -0.05) is 36.4 Å². The number of aromatic nitrogens is 4. The van der Waals surface area contributed by atoms with Gasteiger partial charge in [0.1, 0.15) is 5.88 Å². The van der Waals surface area contributed by atoms with Crippen LogP contribution in [0.1, 0.15) is 30.3 Å². The topological polar surface area (TPSA) is 102 Å². The minimum Gasteiger partial charge on any atom is -0.353 e. The Hall–Kier alpha value is -3.00. The van der Waals surface area contributed by atoms with Crippen LogP contribution in [0.4, 0.5) is 0 Å². The number of alkyl halides is 1. The molecule has 0 radical (unpaired) electrons. The third-order valence-electron chi connectivity index (χ3n) is 5.50. The number of carbonyl (C=O) groups is 2. The first-order valence-corrected chi connectivity index (χ1v) is 10.5. The van der Waals surface area contributed by atoms with Crippen LogP contribution >= 0.6 is 11.6 Å². The van der Waals surface area contributed by atoms with Gasteiger partial charge < -0.3 is 10.6 Å². The van der Waals surface area contributed by atoms with Gasteiger partial charge in [-0.05, 0) is 45.7 Å². The van der Waals surface area contributed by atoms with Gasteiger partial charge in [0.25, 0.3) is 0 Å². The van der Waals surface area contributed by atoms with Crippen molar-refractivity contribution >= 4 is 34.2 Å². The summed E-state index contributed by atoms with van der Waals surface area (Å²) in [6.45, 7) is 0.888. The molecule has 0 saturated heterocycles. The molecule has 2 unspecified atom stereocenters. The van der Waals surface area contributed by atoms with E-state index < -0.39 is 0 Å². The third kappa shape index (κ3) is 4.59. The second-order valence-electron chi connectivity index (χ2n) is 7.45. The number of nitrogens with one attached hydrogen (secondary N) is 2. The summed E-state index contributed by atoms with van der Waals surface area (Å²) < 4.78 is 1.76. The van der Waals surface area contributed by atoms with Crippen LogP contribution in [0.25, 0.3) is 10.8 Å². The largest absolute Gasteiger partial charge is 0.353 e. The van der Waals surface area contributed by atoms with Crippen LogP contribution in [-0.4, -0.2) is 44.4 Å². The number of carbonyl (C=O) groups excluding carboxylic acids is 2. The number of benzene rings is 2. The summed E-state index contributed by atoms with van der Waals surface area (Å²) in [6.07, 6.45) is 2.02. The molecule has 2 aromatic carbocycles. The van der Waals surface area contributed by atoms with E-state index in [4.69, 9.17) is 11.6 Å². The van der Waals surface area contributed by atoms with Crippen molar-refractivity contribution in [2.75, 3.05) is 12.4 Å². The van der Waals surface area contributed by atoms with Gasteiger partial charge in [0.05, 0.1) is 6.04 Å². The number of nitrogens with zero attached hydrogens (tertiary/aromatic N) is 4. The molecule has 4 rings (SSSR count). The molecular formula is C21H23ClN6O2. The molecule has 9 heteroatoms. The molecule has 2 atom stereocenters. The van der Waals surface area contributed by atoms with Gasteiger partial charge >= 0.3 is 0 Å². The van der Waals surface area contributed by atoms with E-state index in [1.807, 2.05) is 42.5 Å². The van der Waals surface area contributed by atoms with E-state index in [0.29, 0.717) is 25.8 Å². The van der Waals surface area contributed by atoms with Crippen molar-refractivity contribution < 1.29 is 9.59 Å². The lowest BCUT2D eigenvalue weighted by atomic mass is 9.97. The molecule has 2 heterocycles. The van der Waals surface area contributed by atoms with Crippen molar-refractivity contribution in [1.29, 1.82) is 0 Å². The first-order valence-electron chi connectivity index (χ1n) is 10.0. The Bertz CT molecular complexity index is 1030. The van der Waals surface area contributed by atoms with E-state index in [1.54, 1.807) is 4.68 Å². The average Bonchev–Trinajstić information content (AvgIpc) is 3.13. The Morgan fingerprint density at radius 2 is 2.00 bits per heavy atom. The molecule has 0 bridgehead atoms. The van der Waals surface area contributed by atoms with Crippen molar-refractivity contribution in [3.8, 4) is 0 Å². The van der Waals surface area contributed by atoms with Crippen LogP contribution < -0.4 is 10.6 Å². The van der Waals surface area contributed by atoms with E-state index in [2.05, 4.69) is 26.2 Å². The molecule has 0 fully saturated rings. The molecule has 2 N–H and O–H groups in total. The van der Waals surface area contributed by atoms with Crippen molar-refractivity contribution in [3.63, 3.8) is 0 Å². The maximum Gasteiger partial charge on any atom is 0.235 e. The van der Waals surface area contributed by atoms with Gasteiger partial charge in [0.2, 0.25) is 11.8 Å². The first kappa shape index (κ1) is 20.3. The first-order chi connectivity index (χ1) is 14.6. The van der Waals surface area contributed by atoms with Gasteiger partial charge in [-0.2, -0.15) is 0 Å². The van der Waals surface area contributed by atoms with Crippen molar-refractivity contribution in [2.45, 2.75) is 31.8 Å². The van der Waals surface area contributed by atoms with Crippen LogP contribution in [0.15, 0.2) is 42.5 Å². The number of hydrogen-bond acceptors (Lipinski definition) is 5. The fraction of sp³-hybridized carbons (Fsp3) is 0.381. The third-order valence-corrected chi connectivity index (χ3v) is 5.74. The van der Waals surface area contributed by atoms with Gasteiger partial charge in [-0.15, -0.1) is 16.7 Å². The number of rotatable bonds is 6. The Labute approximate surface area is 179 Å². The summed E-state index contributed by atoms with van der Waals surface area (Å²) in [5, 5.41) is 19.8. The highest BCUT2D eigenvalue weighted by atomic mass is 35.5. The van der Waals surface area contributed by atoms with Crippen molar-refractivity contribution in [3.05, 3.63) is 53.9 Å². The zero-order valence-electron chi connectivity index (χ0n) is 16.4. The highest BCUT2D eigenvalue weighted by Gasteiger charge is 2.26. The monoisotopic (exact) mass is 426 g/mol. The van der Waals surface area contributed by atoms with Gasteiger partial charge in [-0.3, -0.25) is 9.59 Å². The zero-order chi connectivity index (χ0) is 20.9. The van der Waals surface area contributed by atoms with Crippen molar-refractivity contribution in [1.82, 2.24) is 30.8 Å². The lowest BCUT2D eigenvalue weighted by Crippen LogP contribution is -2.40. The Balaban J connectivity index is 1.50. The molecular weight excluding hydrogens is 404 g/mol. The summed E-state index contributed by atoms with van der Waals surface area (Å²) >= 11 is 5.62. The fourth-order valence-electron chi connectivity index (χ4n) is 3.79. The molecule has 30 heavy (non-hydrogen) atoms. The van der Waals surface area contributed by atoms with E-state index in [0.717, 1.165) is 22.2 Å². The molecule has 156 valence electrons. The Kier molecular flexibility index (Phi) is 6.23. The quantitative estimate of drug-likeness (QED) is 0.587. The standard InChI is InChI=1S/C21H23ClN6O2/c22-12-20(29)23-13-18(17-6-5-14-3-1-2-4-16(14)11-17)24-21(30)15-7-8-19-25-26-27-28(19)10-9-15/h1-6,11,15,18H,7-10,12-13H2,(H,23,29)(H,24,30). The lowest BCUT2D eigenvalue weighted by molar-refractivity contribution is -0.126. The van der Waals surface area contributed by atoms with E-state index in [1.165, 1.54) is 0 Å². The molecule has 0 spiro atoms. The SMILES string of the molecule is O=C(CCl)NCC(NC(=O)C1CCc2nnnn2CC1)c1ccc2ccccc2c1. The number of fused-ring (bicyclic) bond motifs is 2. The Morgan fingerprint density at radius 3 is 2.83 bits per heavy atom. The Morgan fingerprint density at radius 1 is 1.17 bits per heavy atom. The minimum absolute atomic E-state index is 0.0352. The van der Waals surface area contributed by atoms with Crippen LogP contribution in [0.5, 0.6) is 0 Å². The summed E-state index contributed by atoms with van der Waals surface area (Å²) in [5.74, 6) is 0.237. The second kappa shape index (κ2) is 9.21. The van der Waals surface area contributed by atoms with E-state index in [9.17, 15) is 9.59 Å². The maximum absolute atomic E-state index is 13.1. The lowest BCUT2D eigenvalue weighted by Gasteiger charge is -2.23. The van der Waals surface area contributed by atoms with Gasteiger partial charge in [0, 0.05) is 25.4 Å². The minimum atomic E-state index is -0.352.